The maximum absolute atomic E-state index is 12.8. The molecule has 27 heavy (non-hydrogen) atoms. The van der Waals surface area contributed by atoms with E-state index in [1.807, 2.05) is 18.2 Å². The number of carbonyl (C=O) groups excluding carboxylic acids is 2. The van der Waals surface area contributed by atoms with Gasteiger partial charge in [-0.3, -0.25) is 9.78 Å². The Bertz CT molecular complexity index is 779. The van der Waals surface area contributed by atoms with E-state index in [9.17, 15) is 9.59 Å². The van der Waals surface area contributed by atoms with E-state index in [0.29, 0.717) is 26.1 Å². The van der Waals surface area contributed by atoms with Crippen molar-refractivity contribution in [1.29, 1.82) is 0 Å². The minimum atomic E-state index is -0.111. The second-order valence-electron chi connectivity index (χ2n) is 7.01. The highest BCUT2D eigenvalue weighted by Gasteiger charge is 2.25. The van der Waals surface area contributed by atoms with Crippen LogP contribution in [0.4, 0.5) is 4.79 Å². The predicted octanol–water partition coefficient (Wildman–Crippen LogP) is 2.42. The van der Waals surface area contributed by atoms with Crippen LogP contribution in [0.2, 0.25) is 0 Å². The van der Waals surface area contributed by atoms with Gasteiger partial charge in [-0.15, -0.1) is 0 Å². The summed E-state index contributed by atoms with van der Waals surface area (Å²) in [7, 11) is 0. The number of carbonyl (C=O) groups is 2. The molecule has 3 amide bonds. The summed E-state index contributed by atoms with van der Waals surface area (Å²) in [6.45, 7) is 3.64. The maximum Gasteiger partial charge on any atom is 0.317 e. The SMILES string of the molecule is Cc1cccc(CCNC(=O)N(Cc2ccncc2)C[C@@H]2CCC(=O)N2)c1. The fourth-order valence-electron chi connectivity index (χ4n) is 3.30. The molecule has 0 unspecified atom stereocenters. The van der Waals surface area contributed by atoms with Gasteiger partial charge < -0.3 is 15.5 Å². The Morgan fingerprint density at radius 2 is 2.07 bits per heavy atom. The molecule has 1 aromatic heterocycles. The standard InChI is InChI=1S/C21H26N4O2/c1-16-3-2-4-17(13-16)9-12-23-21(27)25(14-18-7-10-22-11-8-18)15-19-5-6-20(26)24-19/h2-4,7-8,10-11,13,19H,5-6,9,12,14-15H2,1H3,(H,23,27)(H,24,26)/t19-/m0/s1. The van der Waals surface area contributed by atoms with E-state index in [2.05, 4.69) is 40.7 Å². The molecule has 1 aliphatic rings. The summed E-state index contributed by atoms with van der Waals surface area (Å²) in [6, 6.07) is 12.0. The van der Waals surface area contributed by atoms with Gasteiger partial charge in [-0.05, 0) is 43.0 Å². The second-order valence-corrected chi connectivity index (χ2v) is 7.01. The summed E-state index contributed by atoms with van der Waals surface area (Å²) in [5, 5.41) is 5.95. The lowest BCUT2D eigenvalue weighted by Gasteiger charge is -2.26. The Labute approximate surface area is 160 Å². The van der Waals surface area contributed by atoms with E-state index in [4.69, 9.17) is 0 Å². The molecular formula is C21H26N4O2. The number of hydrogen-bond acceptors (Lipinski definition) is 3. The fourth-order valence-corrected chi connectivity index (χ4v) is 3.30. The van der Waals surface area contributed by atoms with Gasteiger partial charge in [-0.2, -0.15) is 0 Å². The van der Waals surface area contributed by atoms with Gasteiger partial charge in [0.1, 0.15) is 0 Å². The molecular weight excluding hydrogens is 340 g/mol. The van der Waals surface area contributed by atoms with Crippen molar-refractivity contribution in [3.63, 3.8) is 0 Å². The zero-order valence-corrected chi connectivity index (χ0v) is 15.6. The Hall–Kier alpha value is -2.89. The average Bonchev–Trinajstić information content (AvgIpc) is 3.07. The van der Waals surface area contributed by atoms with Crippen molar-refractivity contribution in [3.05, 3.63) is 65.5 Å². The first kappa shape index (κ1) is 18.9. The van der Waals surface area contributed by atoms with Crippen LogP contribution in [0.1, 0.15) is 29.5 Å². The van der Waals surface area contributed by atoms with Crippen molar-refractivity contribution in [1.82, 2.24) is 20.5 Å². The third-order valence-electron chi connectivity index (χ3n) is 4.71. The van der Waals surface area contributed by atoms with Crippen LogP contribution < -0.4 is 10.6 Å². The number of urea groups is 1. The molecule has 6 heteroatoms. The van der Waals surface area contributed by atoms with Crippen LogP contribution in [-0.4, -0.2) is 41.0 Å². The molecule has 0 spiro atoms. The van der Waals surface area contributed by atoms with Crippen LogP contribution in [0.15, 0.2) is 48.8 Å². The number of amides is 3. The van der Waals surface area contributed by atoms with E-state index < -0.39 is 0 Å². The van der Waals surface area contributed by atoms with Gasteiger partial charge in [-0.1, -0.05) is 29.8 Å². The number of benzene rings is 1. The normalized spacial score (nSPS) is 16.0. The number of pyridine rings is 1. The lowest BCUT2D eigenvalue weighted by molar-refractivity contribution is -0.119. The molecule has 1 atom stereocenters. The highest BCUT2D eigenvalue weighted by atomic mass is 16.2. The first-order chi connectivity index (χ1) is 13.1. The Morgan fingerprint density at radius 1 is 1.26 bits per heavy atom. The molecule has 2 aromatic rings. The Kier molecular flexibility index (Phi) is 6.41. The third-order valence-corrected chi connectivity index (χ3v) is 4.71. The maximum atomic E-state index is 12.8. The van der Waals surface area contributed by atoms with Crippen molar-refractivity contribution in [2.45, 2.75) is 38.8 Å². The molecule has 3 rings (SSSR count). The van der Waals surface area contributed by atoms with Gasteiger partial charge in [0.05, 0.1) is 0 Å². The summed E-state index contributed by atoms with van der Waals surface area (Å²) in [6.07, 6.45) is 5.53. The topological polar surface area (TPSA) is 74.3 Å². The molecule has 1 aromatic carbocycles. The lowest BCUT2D eigenvalue weighted by atomic mass is 10.1. The van der Waals surface area contributed by atoms with Gasteiger partial charge in [0.15, 0.2) is 0 Å². The smallest absolute Gasteiger partial charge is 0.317 e. The monoisotopic (exact) mass is 366 g/mol. The molecule has 0 aliphatic carbocycles. The summed E-state index contributed by atoms with van der Waals surface area (Å²) < 4.78 is 0. The fraction of sp³-hybridized carbons (Fsp3) is 0.381. The van der Waals surface area contributed by atoms with Crippen molar-refractivity contribution >= 4 is 11.9 Å². The van der Waals surface area contributed by atoms with E-state index in [0.717, 1.165) is 18.4 Å². The largest absolute Gasteiger partial charge is 0.352 e. The van der Waals surface area contributed by atoms with Gasteiger partial charge in [0.2, 0.25) is 5.91 Å². The lowest BCUT2D eigenvalue weighted by Crippen LogP contribution is -2.46. The van der Waals surface area contributed by atoms with E-state index in [1.54, 1.807) is 17.3 Å². The molecule has 6 nitrogen and oxygen atoms in total. The minimum Gasteiger partial charge on any atom is -0.352 e. The second kappa shape index (κ2) is 9.16. The number of nitrogens with zero attached hydrogens (tertiary/aromatic N) is 2. The van der Waals surface area contributed by atoms with Gasteiger partial charge in [0, 0.05) is 44.5 Å². The van der Waals surface area contributed by atoms with Crippen LogP contribution in [0, 0.1) is 6.92 Å². The predicted molar refractivity (Wildman–Crippen MR) is 104 cm³/mol. The number of nitrogens with one attached hydrogen (secondary N) is 2. The Balaban J connectivity index is 1.58. The first-order valence-electron chi connectivity index (χ1n) is 9.37. The quantitative estimate of drug-likeness (QED) is 0.790. The molecule has 1 fully saturated rings. The highest BCUT2D eigenvalue weighted by Crippen LogP contribution is 2.11. The number of aromatic nitrogens is 1. The molecule has 1 saturated heterocycles. The summed E-state index contributed by atoms with van der Waals surface area (Å²) in [5.74, 6) is 0.0590. The van der Waals surface area contributed by atoms with E-state index >= 15 is 0 Å². The zero-order valence-electron chi connectivity index (χ0n) is 15.6. The van der Waals surface area contributed by atoms with Crippen molar-refractivity contribution in [3.8, 4) is 0 Å². The van der Waals surface area contributed by atoms with Crippen LogP contribution in [-0.2, 0) is 17.8 Å². The molecule has 1 aliphatic heterocycles. The highest BCUT2D eigenvalue weighted by molar-refractivity contribution is 5.79. The molecule has 142 valence electrons. The Morgan fingerprint density at radius 3 is 2.78 bits per heavy atom. The van der Waals surface area contributed by atoms with Crippen LogP contribution in [0.25, 0.3) is 0 Å². The van der Waals surface area contributed by atoms with Gasteiger partial charge in [-0.25, -0.2) is 4.79 Å². The van der Waals surface area contributed by atoms with E-state index in [1.165, 1.54) is 11.1 Å². The zero-order chi connectivity index (χ0) is 19.1. The van der Waals surface area contributed by atoms with Crippen LogP contribution in [0.3, 0.4) is 0 Å². The molecule has 2 N–H and O–H groups in total. The molecule has 0 bridgehead atoms. The van der Waals surface area contributed by atoms with Crippen molar-refractivity contribution < 1.29 is 9.59 Å². The summed E-state index contributed by atoms with van der Waals surface area (Å²) in [4.78, 5) is 30.0. The molecule has 2 heterocycles. The minimum absolute atomic E-state index is 0.0156. The third kappa shape index (κ3) is 5.81. The van der Waals surface area contributed by atoms with Gasteiger partial charge >= 0.3 is 6.03 Å². The number of rotatable bonds is 7. The van der Waals surface area contributed by atoms with Crippen molar-refractivity contribution in [2.24, 2.45) is 0 Å². The average molecular weight is 366 g/mol. The first-order valence-corrected chi connectivity index (χ1v) is 9.37. The van der Waals surface area contributed by atoms with Gasteiger partial charge in [0.25, 0.3) is 0 Å². The van der Waals surface area contributed by atoms with Crippen molar-refractivity contribution in [2.75, 3.05) is 13.1 Å². The van der Waals surface area contributed by atoms with E-state index in [-0.39, 0.29) is 18.0 Å². The summed E-state index contributed by atoms with van der Waals surface area (Å²) in [5.41, 5.74) is 3.44. The van der Waals surface area contributed by atoms with Crippen LogP contribution >= 0.6 is 0 Å². The van der Waals surface area contributed by atoms with Crippen LogP contribution in [0.5, 0.6) is 0 Å². The molecule has 0 saturated carbocycles. The summed E-state index contributed by atoms with van der Waals surface area (Å²) >= 11 is 0. The number of hydrogen-bond donors (Lipinski definition) is 2. The molecule has 0 radical (unpaired) electrons. The number of aryl methyl sites for hydroxylation is 1.